The maximum absolute atomic E-state index is 12.2. The normalized spacial score (nSPS) is 8.85. The highest BCUT2D eigenvalue weighted by Gasteiger charge is 1.87. The Balaban J connectivity index is 0.000000304. The fourth-order valence-corrected chi connectivity index (χ4v) is 1.43. The van der Waals surface area contributed by atoms with Crippen LogP contribution in [-0.4, -0.2) is 0 Å². The number of hydrogen-bond donors (Lipinski definition) is 0. The van der Waals surface area contributed by atoms with E-state index in [1.165, 1.54) is 29.7 Å². The van der Waals surface area contributed by atoms with Gasteiger partial charge in [0.05, 0.1) is 0 Å². The number of hydrogen-bond acceptors (Lipinski definition) is 0. The Morgan fingerprint density at radius 3 is 1.40 bits per heavy atom. The molecule has 0 saturated heterocycles. The third kappa shape index (κ3) is 9.32. The van der Waals surface area contributed by atoms with Crippen molar-refractivity contribution < 1.29 is 4.39 Å². The minimum atomic E-state index is -0.160. The lowest BCUT2D eigenvalue weighted by Crippen LogP contribution is -1.78. The van der Waals surface area contributed by atoms with Gasteiger partial charge in [-0.1, -0.05) is 76.6 Å². The third-order valence-corrected chi connectivity index (χ3v) is 2.57. The summed E-state index contributed by atoms with van der Waals surface area (Å²) in [6.07, 6.45) is 3.36. The average Bonchev–Trinajstić information content (AvgIpc) is 2.50. The van der Waals surface area contributed by atoms with Crippen LogP contribution >= 0.6 is 0 Å². The Labute approximate surface area is 123 Å². The topological polar surface area (TPSA) is 0 Å². The number of benzene rings is 2. The average molecular weight is 274 g/mol. The first-order chi connectivity index (χ1) is 9.67. The number of aryl methyl sites for hydroxylation is 2. The molecule has 0 aliphatic rings. The Morgan fingerprint density at radius 1 is 0.650 bits per heavy atom. The molecule has 0 aliphatic heterocycles. The van der Waals surface area contributed by atoms with Crippen LogP contribution in [0.25, 0.3) is 0 Å². The molecular weight excluding hydrogens is 247 g/mol. The molecule has 0 saturated carbocycles. The Bertz CT molecular complexity index is 417. The maximum atomic E-state index is 12.2. The van der Waals surface area contributed by atoms with E-state index in [9.17, 15) is 4.39 Å². The van der Waals surface area contributed by atoms with E-state index in [-0.39, 0.29) is 5.82 Å². The molecule has 20 heavy (non-hydrogen) atoms. The molecule has 110 valence electrons. The molecule has 0 fully saturated rings. The lowest BCUT2D eigenvalue weighted by molar-refractivity contribution is 0.627. The van der Waals surface area contributed by atoms with E-state index in [4.69, 9.17) is 0 Å². The van der Waals surface area contributed by atoms with Crippen LogP contribution < -0.4 is 0 Å². The van der Waals surface area contributed by atoms with Gasteiger partial charge in [-0.2, -0.15) is 0 Å². The highest BCUT2D eigenvalue weighted by molar-refractivity contribution is 5.15. The molecule has 0 heterocycles. The SMILES string of the molecule is CCC.CCc1ccc(F)cc1.CCc1ccccc1. The highest BCUT2D eigenvalue weighted by Crippen LogP contribution is 2.02. The second-order valence-corrected chi connectivity index (χ2v) is 4.53. The Hall–Kier alpha value is -1.63. The molecule has 2 aromatic rings. The summed E-state index contributed by atoms with van der Waals surface area (Å²) in [7, 11) is 0. The van der Waals surface area contributed by atoms with Crippen LogP contribution in [0, 0.1) is 5.82 Å². The van der Waals surface area contributed by atoms with Gasteiger partial charge in [0.15, 0.2) is 0 Å². The molecule has 0 N–H and O–H groups in total. The van der Waals surface area contributed by atoms with E-state index >= 15 is 0 Å². The molecule has 0 bridgehead atoms. The van der Waals surface area contributed by atoms with Crippen molar-refractivity contribution in [2.45, 2.75) is 47.0 Å². The van der Waals surface area contributed by atoms with Gasteiger partial charge in [-0.3, -0.25) is 0 Å². The maximum Gasteiger partial charge on any atom is 0.123 e. The summed E-state index contributed by atoms with van der Waals surface area (Å²) in [4.78, 5) is 0. The Morgan fingerprint density at radius 2 is 1.05 bits per heavy atom. The minimum absolute atomic E-state index is 0.160. The van der Waals surface area contributed by atoms with Crippen LogP contribution in [-0.2, 0) is 12.8 Å². The molecule has 0 aromatic heterocycles. The zero-order valence-electron chi connectivity index (χ0n) is 13.2. The van der Waals surface area contributed by atoms with E-state index in [2.05, 4.69) is 45.0 Å². The van der Waals surface area contributed by atoms with Crippen LogP contribution in [0.15, 0.2) is 54.6 Å². The van der Waals surface area contributed by atoms with Crippen LogP contribution in [0.4, 0.5) is 4.39 Å². The summed E-state index contributed by atoms with van der Waals surface area (Å²) >= 11 is 0. The van der Waals surface area contributed by atoms with Gasteiger partial charge in [0.1, 0.15) is 5.82 Å². The zero-order valence-corrected chi connectivity index (χ0v) is 13.2. The first-order valence-electron chi connectivity index (χ1n) is 7.46. The molecule has 0 amide bonds. The van der Waals surface area contributed by atoms with Gasteiger partial charge in [0.2, 0.25) is 0 Å². The van der Waals surface area contributed by atoms with E-state index in [0.29, 0.717) is 0 Å². The van der Waals surface area contributed by atoms with Crippen LogP contribution in [0.5, 0.6) is 0 Å². The lowest BCUT2D eigenvalue weighted by atomic mass is 10.2. The largest absolute Gasteiger partial charge is 0.207 e. The second-order valence-electron chi connectivity index (χ2n) is 4.53. The van der Waals surface area contributed by atoms with Crippen molar-refractivity contribution in [3.05, 3.63) is 71.5 Å². The monoisotopic (exact) mass is 274 g/mol. The second kappa shape index (κ2) is 12.4. The summed E-state index contributed by atoms with van der Waals surface area (Å²) in [6.45, 7) is 8.46. The van der Waals surface area contributed by atoms with Crippen molar-refractivity contribution in [1.82, 2.24) is 0 Å². The van der Waals surface area contributed by atoms with E-state index < -0.39 is 0 Å². The zero-order chi connectivity index (χ0) is 15.2. The van der Waals surface area contributed by atoms with Crippen molar-refractivity contribution in [2.24, 2.45) is 0 Å². The molecule has 0 atom stereocenters. The highest BCUT2D eigenvalue weighted by atomic mass is 19.1. The van der Waals surface area contributed by atoms with Crippen LogP contribution in [0.3, 0.4) is 0 Å². The molecule has 1 heteroatoms. The van der Waals surface area contributed by atoms with Gasteiger partial charge in [-0.25, -0.2) is 4.39 Å². The fraction of sp³-hybridized carbons (Fsp3) is 0.368. The smallest absolute Gasteiger partial charge is 0.123 e. The third-order valence-electron chi connectivity index (χ3n) is 2.57. The summed E-state index contributed by atoms with van der Waals surface area (Å²) in [5.41, 5.74) is 2.59. The van der Waals surface area contributed by atoms with Gasteiger partial charge >= 0.3 is 0 Å². The van der Waals surface area contributed by atoms with Crippen molar-refractivity contribution in [2.75, 3.05) is 0 Å². The first kappa shape index (κ1) is 18.4. The van der Waals surface area contributed by atoms with Crippen LogP contribution in [0.2, 0.25) is 0 Å². The molecule has 0 radical (unpaired) electrons. The summed E-state index contributed by atoms with van der Waals surface area (Å²) < 4.78 is 12.2. The number of halogens is 1. The molecule has 0 unspecified atom stereocenters. The van der Waals surface area contributed by atoms with Gasteiger partial charge in [0.25, 0.3) is 0 Å². The first-order valence-corrected chi connectivity index (χ1v) is 7.46. The van der Waals surface area contributed by atoms with Crippen LogP contribution in [0.1, 0.15) is 45.2 Å². The van der Waals surface area contributed by atoms with Crippen molar-refractivity contribution in [3.63, 3.8) is 0 Å². The minimum Gasteiger partial charge on any atom is -0.207 e. The van der Waals surface area contributed by atoms with E-state index in [1.54, 1.807) is 12.1 Å². The van der Waals surface area contributed by atoms with E-state index in [0.717, 1.165) is 12.8 Å². The predicted octanol–water partition coefficient (Wildman–Crippen LogP) is 6.05. The lowest BCUT2D eigenvalue weighted by Gasteiger charge is -1.92. The van der Waals surface area contributed by atoms with Gasteiger partial charge < -0.3 is 0 Å². The van der Waals surface area contributed by atoms with Crippen molar-refractivity contribution in [3.8, 4) is 0 Å². The number of rotatable bonds is 2. The molecule has 0 spiro atoms. The standard InChI is InChI=1S/C8H9F.C8H10.C3H8/c1-2-7-3-5-8(9)6-4-7;1-2-8-6-4-3-5-7-8;1-3-2/h3-6H,2H2,1H3;3-7H,2H2,1H3;3H2,1-2H3. The molecule has 0 aliphatic carbocycles. The summed E-state index contributed by atoms with van der Waals surface area (Å²) in [6, 6.07) is 17.0. The van der Waals surface area contributed by atoms with Gasteiger partial charge in [-0.15, -0.1) is 0 Å². The Kier molecular flexibility index (Phi) is 11.4. The molecule has 2 rings (SSSR count). The molecule has 0 nitrogen and oxygen atoms in total. The van der Waals surface area contributed by atoms with Crippen molar-refractivity contribution >= 4 is 0 Å². The van der Waals surface area contributed by atoms with Gasteiger partial charge in [-0.05, 0) is 36.1 Å². The van der Waals surface area contributed by atoms with Gasteiger partial charge in [0, 0.05) is 0 Å². The molecular formula is C19H27F. The quantitative estimate of drug-likeness (QED) is 0.625. The fourth-order valence-electron chi connectivity index (χ4n) is 1.43. The van der Waals surface area contributed by atoms with E-state index in [1.807, 2.05) is 13.0 Å². The van der Waals surface area contributed by atoms with Crippen molar-refractivity contribution in [1.29, 1.82) is 0 Å². The summed E-state index contributed by atoms with van der Waals surface area (Å²) in [5.74, 6) is -0.160. The molecule has 2 aromatic carbocycles. The predicted molar refractivity (Wildman–Crippen MR) is 87.6 cm³/mol. The summed E-state index contributed by atoms with van der Waals surface area (Å²) in [5, 5.41) is 0.